The van der Waals surface area contributed by atoms with Gasteiger partial charge in [-0.3, -0.25) is 0 Å². The highest BCUT2D eigenvalue weighted by Crippen LogP contribution is 2.32. The van der Waals surface area contributed by atoms with Gasteiger partial charge in [0.25, 0.3) is 0 Å². The Bertz CT molecular complexity index is 762. The van der Waals surface area contributed by atoms with E-state index in [1.165, 1.54) is 15.6 Å². The lowest BCUT2D eigenvalue weighted by Crippen LogP contribution is -1.98. The van der Waals surface area contributed by atoms with Crippen LogP contribution in [0.3, 0.4) is 0 Å². The summed E-state index contributed by atoms with van der Waals surface area (Å²) < 4.78 is 1.27. The number of aromatic carboxylic acids is 1. The number of benzene rings is 2. The molecule has 0 aliphatic carbocycles. The molecule has 1 heterocycles. The lowest BCUT2D eigenvalue weighted by atomic mass is 10.2. The van der Waals surface area contributed by atoms with Crippen molar-refractivity contribution in [3.8, 4) is 0 Å². The zero-order valence-corrected chi connectivity index (χ0v) is 12.2. The third-order valence-corrected chi connectivity index (χ3v) is 5.20. The molecule has 2 nitrogen and oxygen atoms in total. The first-order chi connectivity index (χ1) is 9.75. The van der Waals surface area contributed by atoms with Crippen LogP contribution < -0.4 is 0 Å². The van der Waals surface area contributed by atoms with Crippen molar-refractivity contribution in [2.45, 2.75) is 10.6 Å². The Morgan fingerprint density at radius 2 is 1.85 bits per heavy atom. The van der Waals surface area contributed by atoms with E-state index in [-0.39, 0.29) is 0 Å². The Morgan fingerprint density at radius 3 is 2.70 bits per heavy atom. The zero-order chi connectivity index (χ0) is 13.9. The van der Waals surface area contributed by atoms with E-state index in [9.17, 15) is 9.90 Å². The maximum atomic E-state index is 11.2. The van der Waals surface area contributed by atoms with E-state index in [4.69, 9.17) is 0 Å². The summed E-state index contributed by atoms with van der Waals surface area (Å²) in [5.41, 5.74) is 1.63. The first kappa shape index (κ1) is 13.2. The van der Waals surface area contributed by atoms with Crippen LogP contribution in [-0.2, 0) is 5.75 Å². The van der Waals surface area contributed by atoms with Gasteiger partial charge in [0.15, 0.2) is 0 Å². The third kappa shape index (κ3) is 2.57. The number of rotatable bonds is 4. The molecule has 0 aliphatic rings. The normalized spacial score (nSPS) is 10.8. The number of carbonyl (C=O) groups is 1. The second-order valence-corrected chi connectivity index (χ2v) is 6.28. The largest absolute Gasteiger partial charge is 0.478 e. The fourth-order valence-electron chi connectivity index (χ4n) is 2.07. The van der Waals surface area contributed by atoms with Crippen molar-refractivity contribution in [2.75, 3.05) is 0 Å². The van der Waals surface area contributed by atoms with Crippen molar-refractivity contribution in [1.29, 1.82) is 0 Å². The summed E-state index contributed by atoms with van der Waals surface area (Å²) >= 11 is 3.30. The molecule has 100 valence electrons. The van der Waals surface area contributed by atoms with Gasteiger partial charge in [-0.25, -0.2) is 4.79 Å². The highest BCUT2D eigenvalue weighted by molar-refractivity contribution is 7.98. The zero-order valence-electron chi connectivity index (χ0n) is 10.6. The number of hydrogen-bond acceptors (Lipinski definition) is 3. The Morgan fingerprint density at radius 1 is 1.10 bits per heavy atom. The van der Waals surface area contributed by atoms with Crippen LogP contribution in [0.25, 0.3) is 10.1 Å². The van der Waals surface area contributed by atoms with Crippen molar-refractivity contribution in [1.82, 2.24) is 0 Å². The van der Waals surface area contributed by atoms with Gasteiger partial charge >= 0.3 is 5.97 Å². The summed E-state index contributed by atoms with van der Waals surface area (Å²) in [6.45, 7) is 0. The Balaban J connectivity index is 1.85. The van der Waals surface area contributed by atoms with Gasteiger partial charge in [-0.2, -0.15) is 0 Å². The standard InChI is InChI=1S/C16H12O2S2/c17-16(18)13-6-2-4-8-15(13)20-10-11-9-19-14-7-3-1-5-12(11)14/h1-9H,10H2,(H,17,18). The lowest BCUT2D eigenvalue weighted by molar-refractivity contribution is 0.0693. The van der Waals surface area contributed by atoms with E-state index in [0.717, 1.165) is 10.6 Å². The van der Waals surface area contributed by atoms with Gasteiger partial charge in [0, 0.05) is 15.3 Å². The second kappa shape index (κ2) is 5.69. The van der Waals surface area contributed by atoms with Crippen LogP contribution in [0.5, 0.6) is 0 Å². The molecule has 4 heteroatoms. The number of hydrogen-bond donors (Lipinski definition) is 1. The van der Waals surface area contributed by atoms with E-state index in [0.29, 0.717) is 5.56 Å². The van der Waals surface area contributed by atoms with Crippen LogP contribution in [0, 0.1) is 0 Å². The average molecular weight is 300 g/mol. The van der Waals surface area contributed by atoms with Gasteiger partial charge in [0.2, 0.25) is 0 Å². The van der Waals surface area contributed by atoms with Crippen molar-refractivity contribution >= 4 is 39.2 Å². The molecule has 3 aromatic rings. The highest BCUT2D eigenvalue weighted by atomic mass is 32.2. The Labute approximate surface area is 125 Å². The molecule has 0 bridgehead atoms. The molecule has 0 spiro atoms. The molecule has 0 atom stereocenters. The fraction of sp³-hybridized carbons (Fsp3) is 0.0625. The van der Waals surface area contributed by atoms with Crippen molar-refractivity contribution < 1.29 is 9.90 Å². The minimum atomic E-state index is -0.872. The summed E-state index contributed by atoms with van der Waals surface area (Å²) in [5.74, 6) is -0.0859. The molecular weight excluding hydrogens is 288 g/mol. The monoisotopic (exact) mass is 300 g/mol. The van der Waals surface area contributed by atoms with Crippen LogP contribution in [0.1, 0.15) is 15.9 Å². The molecule has 3 rings (SSSR count). The highest BCUT2D eigenvalue weighted by Gasteiger charge is 2.10. The summed E-state index contributed by atoms with van der Waals surface area (Å²) in [6.07, 6.45) is 0. The SMILES string of the molecule is O=C(O)c1ccccc1SCc1csc2ccccc12. The van der Waals surface area contributed by atoms with Gasteiger partial charge in [0.1, 0.15) is 0 Å². The predicted molar refractivity (Wildman–Crippen MR) is 84.8 cm³/mol. The predicted octanol–water partition coefficient (Wildman–Crippen LogP) is 4.89. The maximum absolute atomic E-state index is 11.2. The minimum absolute atomic E-state index is 0.372. The third-order valence-electron chi connectivity index (χ3n) is 3.06. The number of carboxylic acid groups (broad SMARTS) is 1. The molecule has 0 saturated heterocycles. The van der Waals surface area contributed by atoms with Crippen molar-refractivity contribution in [2.24, 2.45) is 0 Å². The van der Waals surface area contributed by atoms with E-state index in [1.54, 1.807) is 35.2 Å². The lowest BCUT2D eigenvalue weighted by Gasteiger charge is -2.05. The molecule has 0 amide bonds. The van der Waals surface area contributed by atoms with Gasteiger partial charge < -0.3 is 5.11 Å². The fourth-order valence-corrected chi connectivity index (χ4v) is 4.17. The molecule has 0 radical (unpaired) electrons. The Hall–Kier alpha value is -1.78. The summed E-state index contributed by atoms with van der Waals surface area (Å²) in [6, 6.07) is 15.4. The number of thioether (sulfide) groups is 1. The molecule has 2 aromatic carbocycles. The summed E-state index contributed by atoms with van der Waals surface area (Å²) in [5, 5.41) is 12.6. The van der Waals surface area contributed by atoms with E-state index in [1.807, 2.05) is 24.3 Å². The molecule has 0 saturated carbocycles. The van der Waals surface area contributed by atoms with Gasteiger partial charge in [-0.1, -0.05) is 30.3 Å². The van der Waals surface area contributed by atoms with Crippen LogP contribution in [0.4, 0.5) is 0 Å². The number of thiophene rings is 1. The molecule has 1 N–H and O–H groups in total. The first-order valence-corrected chi connectivity index (χ1v) is 8.02. The van der Waals surface area contributed by atoms with Gasteiger partial charge in [-0.05, 0) is 34.5 Å². The van der Waals surface area contributed by atoms with Gasteiger partial charge in [-0.15, -0.1) is 23.1 Å². The van der Waals surface area contributed by atoms with Crippen LogP contribution in [-0.4, -0.2) is 11.1 Å². The number of fused-ring (bicyclic) bond motifs is 1. The van der Waals surface area contributed by atoms with Gasteiger partial charge in [0.05, 0.1) is 5.56 Å². The van der Waals surface area contributed by atoms with E-state index < -0.39 is 5.97 Å². The van der Waals surface area contributed by atoms with Crippen molar-refractivity contribution in [3.63, 3.8) is 0 Å². The molecule has 1 aromatic heterocycles. The van der Waals surface area contributed by atoms with Crippen LogP contribution in [0.15, 0.2) is 58.8 Å². The second-order valence-electron chi connectivity index (χ2n) is 4.35. The number of carboxylic acids is 1. The average Bonchev–Trinajstić information content (AvgIpc) is 2.88. The topological polar surface area (TPSA) is 37.3 Å². The van der Waals surface area contributed by atoms with E-state index >= 15 is 0 Å². The quantitative estimate of drug-likeness (QED) is 0.697. The molecule has 20 heavy (non-hydrogen) atoms. The van der Waals surface area contributed by atoms with Crippen molar-refractivity contribution in [3.05, 3.63) is 65.0 Å². The minimum Gasteiger partial charge on any atom is -0.478 e. The maximum Gasteiger partial charge on any atom is 0.336 e. The first-order valence-electron chi connectivity index (χ1n) is 6.16. The Kier molecular flexibility index (Phi) is 3.76. The smallest absolute Gasteiger partial charge is 0.336 e. The van der Waals surface area contributed by atoms with E-state index in [2.05, 4.69) is 17.5 Å². The van der Waals surface area contributed by atoms with Crippen LogP contribution in [0.2, 0.25) is 0 Å². The molecule has 0 fully saturated rings. The summed E-state index contributed by atoms with van der Waals surface area (Å²) in [4.78, 5) is 12.0. The summed E-state index contributed by atoms with van der Waals surface area (Å²) in [7, 11) is 0. The molecule has 0 aliphatic heterocycles. The van der Waals surface area contributed by atoms with Crippen LogP contribution >= 0.6 is 23.1 Å². The molecular formula is C16H12O2S2. The molecule has 0 unspecified atom stereocenters.